The van der Waals surface area contributed by atoms with Crippen LogP contribution in [0.4, 0.5) is 11.4 Å². The average molecular weight is 425 g/mol. The number of benzene rings is 2. The fourth-order valence-electron chi connectivity index (χ4n) is 2.92. The van der Waals surface area contributed by atoms with E-state index in [1.54, 1.807) is 29.2 Å². The van der Waals surface area contributed by atoms with Gasteiger partial charge in [-0.3, -0.25) is 19.8 Å². The largest absolute Gasteiger partial charge is 0.487 e. The van der Waals surface area contributed by atoms with Crippen LogP contribution in [0.25, 0.3) is 10.9 Å². The van der Waals surface area contributed by atoms with E-state index >= 15 is 0 Å². The van der Waals surface area contributed by atoms with E-state index in [0.29, 0.717) is 29.6 Å². The summed E-state index contributed by atoms with van der Waals surface area (Å²) in [7, 11) is 0. The molecule has 2 aromatic heterocycles. The number of pyridine rings is 1. The summed E-state index contributed by atoms with van der Waals surface area (Å²) in [6.45, 7) is 1.48. The van der Waals surface area contributed by atoms with Crippen LogP contribution in [0.1, 0.15) is 5.69 Å². The topological polar surface area (TPSA) is 108 Å². The standard InChI is InChI=1S/C20H17ClN6O3/c21-14-1-6-18-19(7-8-22-20(18)11-14)23-9-10-26-12-15(24-25-26)13-30-17-4-2-16(3-5-17)27(28)29/h1-8,11-12H,9-10,13H2,(H,22,23). The number of fused-ring (bicyclic) bond motifs is 1. The molecule has 2 heterocycles. The zero-order valence-corrected chi connectivity index (χ0v) is 16.5. The number of nitro benzene ring substituents is 1. The van der Waals surface area contributed by atoms with Crippen LogP contribution in [0, 0.1) is 10.1 Å². The fraction of sp³-hybridized carbons (Fsp3) is 0.150. The Labute approximate surface area is 176 Å². The minimum Gasteiger partial charge on any atom is -0.487 e. The molecule has 0 atom stereocenters. The summed E-state index contributed by atoms with van der Waals surface area (Å²) < 4.78 is 7.32. The molecule has 2 aromatic carbocycles. The number of rotatable bonds is 8. The smallest absolute Gasteiger partial charge is 0.269 e. The number of nitro groups is 1. The lowest BCUT2D eigenvalue weighted by Gasteiger charge is -2.09. The summed E-state index contributed by atoms with van der Waals surface area (Å²) in [6, 6.07) is 13.4. The molecule has 10 heteroatoms. The van der Waals surface area contributed by atoms with Crippen molar-refractivity contribution in [2.24, 2.45) is 0 Å². The summed E-state index contributed by atoms with van der Waals surface area (Å²) in [5, 5.41) is 23.9. The maximum Gasteiger partial charge on any atom is 0.269 e. The molecule has 0 bridgehead atoms. The van der Waals surface area contributed by atoms with Crippen LogP contribution in [0.5, 0.6) is 5.75 Å². The Balaban J connectivity index is 1.30. The number of aromatic nitrogens is 4. The average Bonchev–Trinajstić information content (AvgIpc) is 3.20. The molecule has 152 valence electrons. The summed E-state index contributed by atoms with van der Waals surface area (Å²) in [5.41, 5.74) is 2.49. The van der Waals surface area contributed by atoms with Gasteiger partial charge in [0.15, 0.2) is 0 Å². The fourth-order valence-corrected chi connectivity index (χ4v) is 3.08. The van der Waals surface area contributed by atoms with Crippen LogP contribution in [-0.2, 0) is 13.2 Å². The van der Waals surface area contributed by atoms with Crippen LogP contribution in [0.15, 0.2) is 60.9 Å². The third-order valence-corrected chi connectivity index (χ3v) is 4.62. The van der Waals surface area contributed by atoms with E-state index in [-0.39, 0.29) is 12.3 Å². The first-order chi connectivity index (χ1) is 14.6. The summed E-state index contributed by atoms with van der Waals surface area (Å²) >= 11 is 6.03. The van der Waals surface area contributed by atoms with Gasteiger partial charge in [-0.05, 0) is 36.4 Å². The van der Waals surface area contributed by atoms with Crippen molar-refractivity contribution < 1.29 is 9.66 Å². The zero-order chi connectivity index (χ0) is 20.9. The summed E-state index contributed by atoms with van der Waals surface area (Å²) in [6.07, 6.45) is 3.54. The number of halogens is 1. The summed E-state index contributed by atoms with van der Waals surface area (Å²) in [4.78, 5) is 14.6. The van der Waals surface area contributed by atoms with Gasteiger partial charge in [0.1, 0.15) is 18.1 Å². The molecule has 0 saturated heterocycles. The lowest BCUT2D eigenvalue weighted by molar-refractivity contribution is -0.384. The van der Waals surface area contributed by atoms with E-state index in [1.165, 1.54) is 12.1 Å². The van der Waals surface area contributed by atoms with Gasteiger partial charge in [-0.25, -0.2) is 0 Å². The molecule has 0 fully saturated rings. The van der Waals surface area contributed by atoms with Crippen LogP contribution in [-0.4, -0.2) is 31.4 Å². The number of non-ortho nitro benzene ring substituents is 1. The maximum absolute atomic E-state index is 10.7. The van der Waals surface area contributed by atoms with E-state index in [0.717, 1.165) is 16.6 Å². The highest BCUT2D eigenvalue weighted by Gasteiger charge is 2.07. The van der Waals surface area contributed by atoms with Crippen LogP contribution in [0.2, 0.25) is 5.02 Å². The molecule has 0 saturated carbocycles. The molecule has 0 aliphatic heterocycles. The van der Waals surface area contributed by atoms with Crippen molar-refractivity contribution in [1.82, 2.24) is 20.0 Å². The predicted molar refractivity (Wildman–Crippen MR) is 113 cm³/mol. The van der Waals surface area contributed by atoms with Crippen molar-refractivity contribution in [1.29, 1.82) is 0 Å². The van der Waals surface area contributed by atoms with Crippen molar-refractivity contribution in [3.63, 3.8) is 0 Å². The molecule has 1 N–H and O–H groups in total. The monoisotopic (exact) mass is 424 g/mol. The first kappa shape index (κ1) is 19.6. The Hall–Kier alpha value is -3.72. The Morgan fingerprint density at radius 2 is 2.00 bits per heavy atom. The van der Waals surface area contributed by atoms with E-state index < -0.39 is 4.92 Å². The van der Waals surface area contributed by atoms with Gasteiger partial charge in [0.2, 0.25) is 0 Å². The highest BCUT2D eigenvalue weighted by atomic mass is 35.5. The van der Waals surface area contributed by atoms with Gasteiger partial charge in [0.25, 0.3) is 5.69 Å². The van der Waals surface area contributed by atoms with Crippen molar-refractivity contribution in [2.45, 2.75) is 13.2 Å². The quantitative estimate of drug-likeness (QED) is 0.335. The van der Waals surface area contributed by atoms with Gasteiger partial charge in [-0.2, -0.15) is 0 Å². The maximum atomic E-state index is 10.7. The third kappa shape index (κ3) is 4.64. The zero-order valence-electron chi connectivity index (χ0n) is 15.7. The highest BCUT2D eigenvalue weighted by Crippen LogP contribution is 2.24. The molecule has 9 nitrogen and oxygen atoms in total. The molecular formula is C20H17ClN6O3. The van der Waals surface area contributed by atoms with E-state index in [2.05, 4.69) is 20.6 Å². The van der Waals surface area contributed by atoms with Gasteiger partial charge in [-0.15, -0.1) is 5.10 Å². The van der Waals surface area contributed by atoms with E-state index in [4.69, 9.17) is 16.3 Å². The van der Waals surface area contributed by atoms with Gasteiger partial charge >= 0.3 is 0 Å². The highest BCUT2D eigenvalue weighted by molar-refractivity contribution is 6.31. The third-order valence-electron chi connectivity index (χ3n) is 4.38. The minimum atomic E-state index is -0.451. The molecule has 0 amide bonds. The lowest BCUT2D eigenvalue weighted by Crippen LogP contribution is -2.11. The molecule has 4 rings (SSSR count). The van der Waals surface area contributed by atoms with Crippen LogP contribution in [0.3, 0.4) is 0 Å². The number of ether oxygens (including phenoxy) is 1. The number of hydrogen-bond acceptors (Lipinski definition) is 7. The van der Waals surface area contributed by atoms with Gasteiger partial charge in [0.05, 0.1) is 23.2 Å². The second kappa shape index (κ2) is 8.75. The van der Waals surface area contributed by atoms with Crippen LogP contribution < -0.4 is 10.1 Å². The lowest BCUT2D eigenvalue weighted by atomic mass is 10.2. The predicted octanol–water partition coefficient (Wildman–Crippen LogP) is 4.08. The Morgan fingerprint density at radius 3 is 2.80 bits per heavy atom. The van der Waals surface area contributed by atoms with Crippen molar-refractivity contribution in [3.8, 4) is 5.75 Å². The van der Waals surface area contributed by atoms with E-state index in [1.807, 2.05) is 24.3 Å². The minimum absolute atomic E-state index is 0.0193. The van der Waals surface area contributed by atoms with Gasteiger partial charge in [0, 0.05) is 41.0 Å². The van der Waals surface area contributed by atoms with Gasteiger partial charge < -0.3 is 10.1 Å². The number of nitrogens with zero attached hydrogens (tertiary/aromatic N) is 5. The number of nitrogens with one attached hydrogen (secondary N) is 1. The summed E-state index contributed by atoms with van der Waals surface area (Å²) in [5.74, 6) is 0.529. The SMILES string of the molecule is O=[N+]([O-])c1ccc(OCc2cn(CCNc3ccnc4cc(Cl)ccc34)nn2)cc1. The Kier molecular flexibility index (Phi) is 5.71. The molecule has 0 unspecified atom stereocenters. The van der Waals surface area contributed by atoms with Crippen LogP contribution >= 0.6 is 11.6 Å². The molecule has 0 spiro atoms. The molecule has 0 radical (unpaired) electrons. The Bertz CT molecular complexity index is 1180. The molecule has 0 aliphatic carbocycles. The molecular weight excluding hydrogens is 408 g/mol. The van der Waals surface area contributed by atoms with Crippen molar-refractivity contribution in [2.75, 3.05) is 11.9 Å². The normalized spacial score (nSPS) is 10.8. The first-order valence-electron chi connectivity index (χ1n) is 9.13. The molecule has 30 heavy (non-hydrogen) atoms. The number of anilines is 1. The molecule has 4 aromatic rings. The molecule has 0 aliphatic rings. The number of hydrogen-bond donors (Lipinski definition) is 1. The Morgan fingerprint density at radius 1 is 1.17 bits per heavy atom. The van der Waals surface area contributed by atoms with Crippen molar-refractivity contribution >= 4 is 33.9 Å². The second-order valence-electron chi connectivity index (χ2n) is 6.46. The van der Waals surface area contributed by atoms with Gasteiger partial charge in [-0.1, -0.05) is 16.8 Å². The first-order valence-corrected chi connectivity index (χ1v) is 9.51. The van der Waals surface area contributed by atoms with Crippen molar-refractivity contribution in [3.05, 3.63) is 81.8 Å². The second-order valence-corrected chi connectivity index (χ2v) is 6.90. The van der Waals surface area contributed by atoms with E-state index in [9.17, 15) is 10.1 Å².